The zero-order chi connectivity index (χ0) is 21.6. The van der Waals surface area contributed by atoms with Crippen molar-refractivity contribution in [3.8, 4) is 11.3 Å². The molecule has 4 rings (SSSR count). The van der Waals surface area contributed by atoms with Gasteiger partial charge in [0.05, 0.1) is 18.4 Å². The Morgan fingerprint density at radius 3 is 2.77 bits per heavy atom. The average Bonchev–Trinajstić information content (AvgIpc) is 3.34. The molecule has 154 valence electrons. The molecule has 0 aliphatic carbocycles. The lowest BCUT2D eigenvalue weighted by molar-refractivity contribution is -0.115. The number of halogens is 1. The van der Waals surface area contributed by atoms with Gasteiger partial charge in [-0.15, -0.1) is 11.3 Å². The van der Waals surface area contributed by atoms with Crippen LogP contribution < -0.4 is 16.6 Å². The van der Waals surface area contributed by atoms with Crippen molar-refractivity contribution in [2.75, 3.05) is 5.32 Å². The van der Waals surface area contributed by atoms with Gasteiger partial charge >= 0.3 is 5.69 Å². The second-order valence-electron chi connectivity index (χ2n) is 6.87. The van der Waals surface area contributed by atoms with Crippen LogP contribution in [-0.4, -0.2) is 20.0 Å². The highest BCUT2D eigenvalue weighted by atomic mass is 79.9. The van der Waals surface area contributed by atoms with Crippen LogP contribution >= 0.6 is 27.3 Å². The summed E-state index contributed by atoms with van der Waals surface area (Å²) in [6.07, 6.45) is 1.26. The largest absolute Gasteiger partial charge is 0.447 e. The Hall–Kier alpha value is -2.98. The molecule has 0 spiro atoms. The molecule has 0 saturated carbocycles. The van der Waals surface area contributed by atoms with E-state index in [9.17, 15) is 14.4 Å². The summed E-state index contributed by atoms with van der Waals surface area (Å²) in [5.74, 6) is -0.334. The first-order valence-electron chi connectivity index (χ1n) is 8.94. The van der Waals surface area contributed by atoms with Crippen molar-refractivity contribution in [3.05, 3.63) is 66.3 Å². The van der Waals surface area contributed by atoms with Gasteiger partial charge in [0, 0.05) is 35.1 Å². The van der Waals surface area contributed by atoms with Gasteiger partial charge in [0.1, 0.15) is 5.39 Å². The molecular formula is C20H17BrN4O4S. The third-order valence-corrected chi connectivity index (χ3v) is 6.43. The molecule has 3 aromatic heterocycles. The van der Waals surface area contributed by atoms with Gasteiger partial charge in [-0.25, -0.2) is 9.78 Å². The van der Waals surface area contributed by atoms with Crippen molar-refractivity contribution < 1.29 is 9.21 Å². The Balaban J connectivity index is 1.56. The summed E-state index contributed by atoms with van der Waals surface area (Å²) in [5, 5.41) is 5.30. The average molecular weight is 489 g/mol. The number of fused-ring (bicyclic) bond motifs is 1. The van der Waals surface area contributed by atoms with E-state index < -0.39 is 11.2 Å². The first kappa shape index (κ1) is 20.3. The van der Waals surface area contributed by atoms with Crippen LogP contribution in [-0.2, 0) is 25.3 Å². The molecule has 10 heteroatoms. The number of carbonyl (C=O) groups is 1. The van der Waals surface area contributed by atoms with Crippen LogP contribution in [0.4, 0.5) is 5.13 Å². The van der Waals surface area contributed by atoms with Gasteiger partial charge in [0.15, 0.2) is 5.13 Å². The number of nitrogens with zero attached hydrogens (tertiary/aromatic N) is 3. The summed E-state index contributed by atoms with van der Waals surface area (Å²) in [6, 6.07) is 5.95. The SMILES string of the molecule is Cc1ccc(-c2csc(NC(=O)Cc3coc4c3c(=O)n(C)c(=O)n4C)n2)cc1Br. The molecular weight excluding hydrogens is 472 g/mol. The fourth-order valence-electron chi connectivity index (χ4n) is 3.11. The van der Waals surface area contributed by atoms with E-state index in [2.05, 4.69) is 26.2 Å². The number of aryl methyl sites for hydroxylation is 2. The zero-order valence-corrected chi connectivity index (χ0v) is 18.8. The Kier molecular flexibility index (Phi) is 5.20. The second-order valence-corrected chi connectivity index (χ2v) is 8.59. The van der Waals surface area contributed by atoms with E-state index >= 15 is 0 Å². The standard InChI is InChI=1S/C20H17BrN4O4S/c1-10-4-5-11(6-13(10)21)14-9-30-19(22-14)23-15(26)7-12-8-29-18-16(12)17(27)24(2)20(28)25(18)3/h4-6,8-9H,7H2,1-3H3,(H,22,23,26). The van der Waals surface area contributed by atoms with E-state index in [1.165, 1.54) is 36.3 Å². The summed E-state index contributed by atoms with van der Waals surface area (Å²) in [6.45, 7) is 2.01. The lowest BCUT2D eigenvalue weighted by Crippen LogP contribution is -2.36. The third kappa shape index (κ3) is 3.52. The molecule has 4 aromatic rings. The third-order valence-electron chi connectivity index (χ3n) is 4.81. The molecule has 3 heterocycles. The van der Waals surface area contributed by atoms with Crippen molar-refractivity contribution in [1.82, 2.24) is 14.1 Å². The van der Waals surface area contributed by atoms with Crippen molar-refractivity contribution in [3.63, 3.8) is 0 Å². The molecule has 0 unspecified atom stereocenters. The van der Waals surface area contributed by atoms with Gasteiger partial charge in [0.2, 0.25) is 11.6 Å². The van der Waals surface area contributed by atoms with Crippen LogP contribution in [0.2, 0.25) is 0 Å². The predicted molar refractivity (Wildman–Crippen MR) is 119 cm³/mol. The molecule has 30 heavy (non-hydrogen) atoms. The molecule has 0 atom stereocenters. The van der Waals surface area contributed by atoms with Crippen LogP contribution in [0.5, 0.6) is 0 Å². The number of hydrogen-bond acceptors (Lipinski definition) is 6. The summed E-state index contributed by atoms with van der Waals surface area (Å²) < 4.78 is 8.60. The van der Waals surface area contributed by atoms with Crippen LogP contribution in [0, 0.1) is 6.92 Å². The van der Waals surface area contributed by atoms with E-state index in [-0.39, 0.29) is 23.4 Å². The first-order valence-corrected chi connectivity index (χ1v) is 10.6. The van der Waals surface area contributed by atoms with Crippen LogP contribution in [0.25, 0.3) is 22.4 Å². The fourth-order valence-corrected chi connectivity index (χ4v) is 4.22. The Bertz CT molecular complexity index is 1410. The molecule has 1 aromatic carbocycles. The monoisotopic (exact) mass is 488 g/mol. The first-order chi connectivity index (χ1) is 14.3. The van der Waals surface area contributed by atoms with Crippen LogP contribution in [0.1, 0.15) is 11.1 Å². The summed E-state index contributed by atoms with van der Waals surface area (Å²) in [4.78, 5) is 41.5. The number of hydrogen-bond donors (Lipinski definition) is 1. The Morgan fingerprint density at radius 2 is 2.03 bits per heavy atom. The number of amides is 1. The molecule has 0 aliphatic heterocycles. The summed E-state index contributed by atoms with van der Waals surface area (Å²) in [5.41, 5.74) is 2.40. The minimum Gasteiger partial charge on any atom is -0.447 e. The van der Waals surface area contributed by atoms with Crippen LogP contribution in [0.3, 0.4) is 0 Å². The van der Waals surface area contributed by atoms with Gasteiger partial charge in [-0.2, -0.15) is 0 Å². The van der Waals surface area contributed by atoms with Gasteiger partial charge in [0.25, 0.3) is 5.56 Å². The Labute approximate surface area is 182 Å². The number of thiazole rings is 1. The van der Waals surface area contributed by atoms with E-state index in [4.69, 9.17) is 4.42 Å². The van der Waals surface area contributed by atoms with Crippen molar-refractivity contribution in [2.24, 2.45) is 14.1 Å². The number of rotatable bonds is 4. The molecule has 1 amide bonds. The van der Waals surface area contributed by atoms with Crippen molar-refractivity contribution in [1.29, 1.82) is 0 Å². The molecule has 8 nitrogen and oxygen atoms in total. The molecule has 0 bridgehead atoms. The van der Waals surface area contributed by atoms with Crippen molar-refractivity contribution >= 4 is 49.4 Å². The number of benzene rings is 1. The maximum Gasteiger partial charge on any atom is 0.333 e. The molecule has 0 aliphatic rings. The number of aromatic nitrogens is 3. The maximum absolute atomic E-state index is 12.5. The van der Waals surface area contributed by atoms with E-state index in [1.54, 1.807) is 0 Å². The fraction of sp³-hybridized carbons (Fsp3) is 0.200. The number of anilines is 1. The number of carbonyl (C=O) groups excluding carboxylic acids is 1. The quantitative estimate of drug-likeness (QED) is 0.475. The second kappa shape index (κ2) is 7.69. The topological polar surface area (TPSA) is 99.1 Å². The van der Waals surface area contributed by atoms with Crippen LogP contribution in [0.15, 0.2) is 48.3 Å². The molecule has 0 fully saturated rings. The predicted octanol–water partition coefficient (Wildman–Crippen LogP) is 3.21. The highest BCUT2D eigenvalue weighted by Gasteiger charge is 2.19. The van der Waals surface area contributed by atoms with Gasteiger partial charge in [-0.05, 0) is 18.6 Å². The molecule has 1 N–H and O–H groups in total. The normalized spacial score (nSPS) is 11.2. The minimum absolute atomic E-state index is 0.0779. The molecule has 0 radical (unpaired) electrons. The number of nitrogens with one attached hydrogen (secondary N) is 1. The van der Waals surface area contributed by atoms with E-state index in [1.807, 2.05) is 30.5 Å². The highest BCUT2D eigenvalue weighted by molar-refractivity contribution is 9.10. The van der Waals surface area contributed by atoms with Gasteiger partial charge in [-0.3, -0.25) is 18.7 Å². The zero-order valence-electron chi connectivity index (χ0n) is 16.4. The minimum atomic E-state index is -0.494. The lowest BCUT2D eigenvalue weighted by Gasteiger charge is -2.04. The summed E-state index contributed by atoms with van der Waals surface area (Å²) in [7, 11) is 2.90. The summed E-state index contributed by atoms with van der Waals surface area (Å²) >= 11 is 4.83. The van der Waals surface area contributed by atoms with E-state index in [0.29, 0.717) is 10.7 Å². The maximum atomic E-state index is 12.5. The van der Waals surface area contributed by atoms with Gasteiger partial charge in [-0.1, -0.05) is 28.1 Å². The lowest BCUT2D eigenvalue weighted by atomic mass is 10.1. The smallest absolute Gasteiger partial charge is 0.333 e. The Morgan fingerprint density at radius 1 is 1.27 bits per heavy atom. The van der Waals surface area contributed by atoms with Gasteiger partial charge < -0.3 is 9.73 Å². The molecule has 0 saturated heterocycles. The highest BCUT2D eigenvalue weighted by Crippen LogP contribution is 2.28. The van der Waals surface area contributed by atoms with E-state index in [0.717, 1.165) is 25.9 Å². The number of furan rings is 1. The van der Waals surface area contributed by atoms with Crippen molar-refractivity contribution in [2.45, 2.75) is 13.3 Å².